The van der Waals surface area contributed by atoms with Gasteiger partial charge in [0.05, 0.1) is 6.42 Å². The third-order valence-corrected chi connectivity index (χ3v) is 6.60. The fraction of sp³-hybridized carbons (Fsp3) is 0.895. The average Bonchev–Trinajstić information content (AvgIpc) is 2.57. The Bertz CT molecular complexity index is 617. The molecule has 0 saturated heterocycles. The molecule has 4 aliphatic carbocycles. The van der Waals surface area contributed by atoms with Crippen LogP contribution in [-0.2, 0) is 19.1 Å². The first kappa shape index (κ1) is 23.1. The quantitative estimate of drug-likeness (QED) is 0.338. The molecule has 0 radical (unpaired) electrons. The Morgan fingerprint density at radius 2 is 1.37 bits per heavy atom. The molecule has 11 heteroatoms. The first-order valence-electron chi connectivity index (χ1n) is 10.0. The van der Waals surface area contributed by atoms with Crippen LogP contribution in [0, 0.1) is 23.7 Å². The van der Waals surface area contributed by atoms with E-state index in [0.29, 0.717) is 11.8 Å². The molecule has 5 nitrogen and oxygen atoms in total. The van der Waals surface area contributed by atoms with Gasteiger partial charge >= 0.3 is 24.3 Å². The maximum Gasteiger partial charge on any atom is 0.427 e. The van der Waals surface area contributed by atoms with Crippen molar-refractivity contribution in [1.82, 2.24) is 0 Å². The monoisotopic (exact) mass is 446 g/mol. The van der Waals surface area contributed by atoms with E-state index < -0.39 is 55.8 Å². The van der Waals surface area contributed by atoms with E-state index in [9.17, 15) is 35.9 Å². The van der Waals surface area contributed by atoms with Gasteiger partial charge in [0.1, 0.15) is 6.10 Å². The van der Waals surface area contributed by atoms with Gasteiger partial charge in [-0.1, -0.05) is 0 Å². The van der Waals surface area contributed by atoms with Crippen LogP contribution in [0.2, 0.25) is 0 Å². The van der Waals surface area contributed by atoms with Crippen LogP contribution in [0.15, 0.2) is 0 Å². The number of ether oxygens (including phenoxy) is 2. The lowest BCUT2D eigenvalue weighted by Crippen LogP contribution is -2.60. The van der Waals surface area contributed by atoms with Gasteiger partial charge in [0.15, 0.2) is 0 Å². The van der Waals surface area contributed by atoms with E-state index in [1.807, 2.05) is 0 Å². The molecule has 1 N–H and O–H groups in total. The predicted molar refractivity (Wildman–Crippen MR) is 89.2 cm³/mol. The summed E-state index contributed by atoms with van der Waals surface area (Å²) < 4.78 is 88.1. The number of aliphatic carboxylic acids is 1. The van der Waals surface area contributed by atoms with Crippen molar-refractivity contribution >= 4 is 11.9 Å². The predicted octanol–water partition coefficient (Wildman–Crippen LogP) is 4.49. The molecule has 0 unspecified atom stereocenters. The van der Waals surface area contributed by atoms with Crippen molar-refractivity contribution < 1.29 is 50.5 Å². The lowest BCUT2D eigenvalue weighted by Gasteiger charge is -2.53. The van der Waals surface area contributed by atoms with Crippen LogP contribution in [0.3, 0.4) is 0 Å². The van der Waals surface area contributed by atoms with E-state index >= 15 is 0 Å². The summed E-state index contributed by atoms with van der Waals surface area (Å²) in [5, 5.41) is 8.55. The number of alkyl halides is 6. The molecule has 0 aliphatic heterocycles. The average molecular weight is 446 g/mol. The van der Waals surface area contributed by atoms with Crippen molar-refractivity contribution in [3.8, 4) is 0 Å². The van der Waals surface area contributed by atoms with Gasteiger partial charge in [0.25, 0.3) is 5.60 Å². The van der Waals surface area contributed by atoms with Gasteiger partial charge in [0.2, 0.25) is 0 Å². The van der Waals surface area contributed by atoms with E-state index in [0.717, 1.165) is 25.7 Å². The minimum absolute atomic E-state index is 0.234. The van der Waals surface area contributed by atoms with Crippen LogP contribution in [0.25, 0.3) is 0 Å². The molecule has 0 atom stereocenters. The zero-order valence-electron chi connectivity index (χ0n) is 16.1. The molecule has 0 aromatic heterocycles. The maximum atomic E-state index is 13.1. The second kappa shape index (κ2) is 8.20. The fourth-order valence-corrected chi connectivity index (χ4v) is 5.53. The Labute approximate surface area is 169 Å². The van der Waals surface area contributed by atoms with Gasteiger partial charge in [-0.3, -0.25) is 9.59 Å². The summed E-state index contributed by atoms with van der Waals surface area (Å²) in [6, 6.07) is 0. The number of carboxylic acid groups (broad SMARTS) is 1. The summed E-state index contributed by atoms with van der Waals surface area (Å²) in [5.74, 6) is -1.11. The zero-order valence-corrected chi connectivity index (χ0v) is 16.1. The summed E-state index contributed by atoms with van der Waals surface area (Å²) in [4.78, 5) is 22.8. The van der Waals surface area contributed by atoms with E-state index in [2.05, 4.69) is 4.74 Å². The second-order valence-electron chi connectivity index (χ2n) is 8.73. The van der Waals surface area contributed by atoms with Gasteiger partial charge in [-0.05, 0) is 62.2 Å². The van der Waals surface area contributed by atoms with Crippen molar-refractivity contribution in [2.45, 2.75) is 75.4 Å². The van der Waals surface area contributed by atoms with Crippen molar-refractivity contribution in [3.05, 3.63) is 0 Å². The number of hydrogen-bond donors (Lipinski definition) is 1. The van der Waals surface area contributed by atoms with Gasteiger partial charge in [0, 0.05) is 13.0 Å². The van der Waals surface area contributed by atoms with Gasteiger partial charge < -0.3 is 14.6 Å². The number of carboxylic acids is 1. The third kappa shape index (κ3) is 4.55. The van der Waals surface area contributed by atoms with E-state index in [1.54, 1.807) is 0 Å². The van der Waals surface area contributed by atoms with E-state index in [4.69, 9.17) is 9.84 Å². The summed E-state index contributed by atoms with van der Waals surface area (Å²) in [6.45, 7) is -1.08. The number of esters is 1. The van der Waals surface area contributed by atoms with Crippen molar-refractivity contribution in [2.75, 3.05) is 6.61 Å². The third-order valence-electron chi connectivity index (χ3n) is 6.60. The number of rotatable bonds is 8. The highest BCUT2D eigenvalue weighted by atomic mass is 19.4. The van der Waals surface area contributed by atoms with Crippen LogP contribution in [-0.4, -0.2) is 47.7 Å². The molecule has 30 heavy (non-hydrogen) atoms. The Balaban J connectivity index is 1.52. The molecule has 4 rings (SSSR count). The Morgan fingerprint density at radius 3 is 1.80 bits per heavy atom. The minimum Gasteiger partial charge on any atom is -0.481 e. The highest BCUT2D eigenvalue weighted by Crippen LogP contribution is 2.54. The molecular weight excluding hydrogens is 422 g/mol. The SMILES string of the molecule is O=C(O)CC(OCCCC(=O)OC1C2CC3CC(C2)CC1C3)(C(F)(F)F)C(F)(F)F. The maximum absolute atomic E-state index is 13.1. The zero-order chi connectivity index (χ0) is 22.3. The van der Waals surface area contributed by atoms with Gasteiger partial charge in [-0.25, -0.2) is 0 Å². The summed E-state index contributed by atoms with van der Waals surface area (Å²) in [5.41, 5.74) is -4.82. The standard InChI is InChI=1S/C19H24F6O5/c20-18(21,22)17(9-14(26)27,19(23,24)25)29-3-1-2-15(28)30-16-12-5-10-4-11(7-12)8-13(16)6-10/h10-13,16H,1-9H2,(H,26,27). The van der Waals surface area contributed by atoms with Gasteiger partial charge in [-0.2, -0.15) is 26.3 Å². The van der Waals surface area contributed by atoms with Crippen LogP contribution >= 0.6 is 0 Å². The van der Waals surface area contributed by atoms with Crippen LogP contribution in [0.4, 0.5) is 26.3 Å². The molecule has 4 saturated carbocycles. The number of hydrogen-bond acceptors (Lipinski definition) is 4. The molecule has 4 bridgehead atoms. The molecular formula is C19H24F6O5. The lowest BCUT2D eigenvalue weighted by molar-refractivity contribution is -0.381. The highest BCUT2D eigenvalue weighted by Gasteiger charge is 2.73. The molecule has 0 heterocycles. The highest BCUT2D eigenvalue weighted by molar-refractivity contribution is 5.69. The Morgan fingerprint density at radius 1 is 0.867 bits per heavy atom. The lowest BCUT2D eigenvalue weighted by atomic mass is 9.55. The smallest absolute Gasteiger partial charge is 0.427 e. The largest absolute Gasteiger partial charge is 0.481 e. The molecule has 0 amide bonds. The van der Waals surface area contributed by atoms with Gasteiger partial charge in [-0.15, -0.1) is 0 Å². The number of carbonyl (C=O) groups excluding carboxylic acids is 1. The molecule has 0 aromatic carbocycles. The first-order valence-corrected chi connectivity index (χ1v) is 10.0. The van der Waals surface area contributed by atoms with Crippen LogP contribution in [0.1, 0.15) is 51.4 Å². The van der Waals surface area contributed by atoms with Crippen LogP contribution in [0.5, 0.6) is 0 Å². The summed E-state index contributed by atoms with van der Waals surface area (Å²) in [6.07, 6.45) is -10.2. The summed E-state index contributed by atoms with van der Waals surface area (Å²) >= 11 is 0. The van der Waals surface area contributed by atoms with E-state index in [-0.39, 0.29) is 17.9 Å². The number of carbonyl (C=O) groups is 2. The van der Waals surface area contributed by atoms with Crippen molar-refractivity contribution in [3.63, 3.8) is 0 Å². The van der Waals surface area contributed by atoms with E-state index in [1.165, 1.54) is 6.42 Å². The molecule has 4 aliphatic rings. The Kier molecular flexibility index (Phi) is 6.33. The summed E-state index contributed by atoms with van der Waals surface area (Å²) in [7, 11) is 0. The van der Waals surface area contributed by atoms with Crippen LogP contribution < -0.4 is 0 Å². The second-order valence-corrected chi connectivity index (χ2v) is 8.73. The minimum atomic E-state index is -5.98. The van der Waals surface area contributed by atoms with Crippen molar-refractivity contribution in [1.29, 1.82) is 0 Å². The molecule has 0 aromatic rings. The molecule has 172 valence electrons. The topological polar surface area (TPSA) is 72.8 Å². The first-order chi connectivity index (χ1) is 13.8. The van der Waals surface area contributed by atoms with Crippen molar-refractivity contribution in [2.24, 2.45) is 23.7 Å². The normalized spacial score (nSPS) is 31.1. The Hall–Kier alpha value is -1.52. The fourth-order valence-electron chi connectivity index (χ4n) is 5.53. The number of halogens is 6. The molecule has 4 fully saturated rings. The molecule has 0 spiro atoms.